The lowest BCUT2D eigenvalue weighted by atomic mass is 9.98. The largest absolute Gasteiger partial charge is 0.459 e. The molecule has 0 saturated carbocycles. The monoisotopic (exact) mass is 326 g/mol. The minimum atomic E-state index is -0.0973. The number of rotatable bonds is 4. The van der Waals surface area contributed by atoms with Crippen molar-refractivity contribution in [2.75, 3.05) is 11.9 Å². The summed E-state index contributed by atoms with van der Waals surface area (Å²) in [5.74, 6) is 0.605. The zero-order valence-electron chi connectivity index (χ0n) is 14.0. The fraction of sp³-hybridized carbons (Fsp3) is 0.368. The van der Waals surface area contributed by atoms with Gasteiger partial charge < -0.3 is 14.6 Å². The van der Waals surface area contributed by atoms with Crippen LogP contribution >= 0.6 is 0 Å². The highest BCUT2D eigenvalue weighted by molar-refractivity contribution is 5.92. The predicted molar refractivity (Wildman–Crippen MR) is 91.7 cm³/mol. The van der Waals surface area contributed by atoms with Crippen LogP contribution in [0.3, 0.4) is 0 Å². The standard InChI is InChI=1S/C19H22N2O3/c1-13(2)10-18(22)20-16-6-5-14-7-8-21(12-15(14)11-16)19(23)17-4-3-9-24-17/h3-6,9,11,13H,7-8,10,12H2,1-2H3,(H,20,22). The Morgan fingerprint density at radius 2 is 2.08 bits per heavy atom. The van der Waals surface area contributed by atoms with Crippen molar-refractivity contribution in [1.29, 1.82) is 0 Å². The molecule has 2 aromatic rings. The number of benzene rings is 1. The molecular formula is C19H22N2O3. The highest BCUT2D eigenvalue weighted by Gasteiger charge is 2.23. The van der Waals surface area contributed by atoms with E-state index in [0.717, 1.165) is 17.7 Å². The molecule has 0 unspecified atom stereocenters. The maximum atomic E-state index is 12.4. The molecule has 126 valence electrons. The van der Waals surface area contributed by atoms with Crippen LogP contribution in [0.1, 0.15) is 41.9 Å². The molecule has 0 aliphatic carbocycles. The molecule has 0 fully saturated rings. The molecule has 2 heterocycles. The molecular weight excluding hydrogens is 304 g/mol. The predicted octanol–water partition coefficient (Wildman–Crippen LogP) is 3.46. The van der Waals surface area contributed by atoms with E-state index in [2.05, 4.69) is 5.32 Å². The third-order valence-electron chi connectivity index (χ3n) is 4.12. The Bertz CT molecular complexity index is 735. The van der Waals surface area contributed by atoms with Crippen LogP contribution < -0.4 is 5.32 Å². The zero-order valence-corrected chi connectivity index (χ0v) is 14.0. The van der Waals surface area contributed by atoms with Crippen molar-refractivity contribution in [3.05, 3.63) is 53.5 Å². The van der Waals surface area contributed by atoms with Gasteiger partial charge in [-0.2, -0.15) is 0 Å². The van der Waals surface area contributed by atoms with Gasteiger partial charge in [-0.15, -0.1) is 0 Å². The van der Waals surface area contributed by atoms with Gasteiger partial charge in [-0.3, -0.25) is 9.59 Å². The van der Waals surface area contributed by atoms with Gasteiger partial charge in [0.2, 0.25) is 5.91 Å². The SMILES string of the molecule is CC(C)CC(=O)Nc1ccc2c(c1)CN(C(=O)c1ccco1)CC2. The number of fused-ring (bicyclic) bond motifs is 1. The minimum Gasteiger partial charge on any atom is -0.459 e. The molecule has 0 radical (unpaired) electrons. The van der Waals surface area contributed by atoms with Crippen molar-refractivity contribution >= 4 is 17.5 Å². The van der Waals surface area contributed by atoms with Gasteiger partial charge in [-0.25, -0.2) is 0 Å². The van der Waals surface area contributed by atoms with Crippen LogP contribution in [0.5, 0.6) is 0 Å². The molecule has 5 heteroatoms. The lowest BCUT2D eigenvalue weighted by molar-refractivity contribution is -0.116. The molecule has 0 atom stereocenters. The number of furan rings is 1. The molecule has 5 nitrogen and oxygen atoms in total. The van der Waals surface area contributed by atoms with Crippen molar-refractivity contribution in [3.8, 4) is 0 Å². The number of anilines is 1. The summed E-state index contributed by atoms with van der Waals surface area (Å²) in [5.41, 5.74) is 3.08. The topological polar surface area (TPSA) is 62.6 Å². The summed E-state index contributed by atoms with van der Waals surface area (Å²) in [6.07, 6.45) is 2.82. The van der Waals surface area contributed by atoms with E-state index in [9.17, 15) is 9.59 Å². The molecule has 1 N–H and O–H groups in total. The lowest BCUT2D eigenvalue weighted by Gasteiger charge is -2.28. The van der Waals surface area contributed by atoms with E-state index in [-0.39, 0.29) is 11.8 Å². The second-order valence-electron chi connectivity index (χ2n) is 6.58. The fourth-order valence-corrected chi connectivity index (χ4v) is 2.95. The summed E-state index contributed by atoms with van der Waals surface area (Å²) in [4.78, 5) is 26.1. The molecule has 1 aromatic heterocycles. The molecule has 1 aliphatic rings. The van der Waals surface area contributed by atoms with Gasteiger partial charge in [-0.05, 0) is 47.7 Å². The average Bonchev–Trinajstić information content (AvgIpc) is 3.07. The number of carbonyl (C=O) groups excluding carboxylic acids is 2. The van der Waals surface area contributed by atoms with E-state index in [0.29, 0.717) is 31.2 Å². The summed E-state index contributed by atoms with van der Waals surface area (Å²) < 4.78 is 5.20. The Morgan fingerprint density at radius 3 is 2.79 bits per heavy atom. The van der Waals surface area contributed by atoms with E-state index in [1.54, 1.807) is 17.0 Å². The van der Waals surface area contributed by atoms with Gasteiger partial charge in [0.1, 0.15) is 0 Å². The maximum Gasteiger partial charge on any atom is 0.289 e. The smallest absolute Gasteiger partial charge is 0.289 e. The van der Waals surface area contributed by atoms with Gasteiger partial charge >= 0.3 is 0 Å². The average molecular weight is 326 g/mol. The first-order valence-electron chi connectivity index (χ1n) is 8.27. The quantitative estimate of drug-likeness (QED) is 0.936. The van der Waals surface area contributed by atoms with Crippen LogP contribution in [0.15, 0.2) is 41.0 Å². The first-order valence-corrected chi connectivity index (χ1v) is 8.27. The molecule has 1 aliphatic heterocycles. The lowest BCUT2D eigenvalue weighted by Crippen LogP contribution is -2.35. The molecule has 1 aromatic carbocycles. The van der Waals surface area contributed by atoms with Crippen molar-refractivity contribution in [2.24, 2.45) is 5.92 Å². The molecule has 2 amide bonds. The normalized spacial score (nSPS) is 13.7. The van der Waals surface area contributed by atoms with E-state index in [1.807, 2.05) is 32.0 Å². The van der Waals surface area contributed by atoms with Crippen LogP contribution in [0, 0.1) is 5.92 Å². The van der Waals surface area contributed by atoms with Crippen molar-refractivity contribution < 1.29 is 14.0 Å². The van der Waals surface area contributed by atoms with E-state index in [1.165, 1.54) is 11.8 Å². The second kappa shape index (κ2) is 6.91. The van der Waals surface area contributed by atoms with Crippen molar-refractivity contribution in [3.63, 3.8) is 0 Å². The first-order chi connectivity index (χ1) is 11.5. The minimum absolute atomic E-state index is 0.0178. The molecule has 0 bridgehead atoms. The van der Waals surface area contributed by atoms with E-state index < -0.39 is 0 Å². The summed E-state index contributed by atoms with van der Waals surface area (Å²) in [6.45, 7) is 5.24. The number of nitrogens with one attached hydrogen (secondary N) is 1. The second-order valence-corrected chi connectivity index (χ2v) is 6.58. The van der Waals surface area contributed by atoms with Gasteiger partial charge in [0.15, 0.2) is 5.76 Å². The van der Waals surface area contributed by atoms with Crippen LogP contribution in [0.4, 0.5) is 5.69 Å². The first kappa shape index (κ1) is 16.3. The molecule has 3 rings (SSSR count). The third kappa shape index (κ3) is 3.67. The Hall–Kier alpha value is -2.56. The molecule has 24 heavy (non-hydrogen) atoms. The Morgan fingerprint density at radius 1 is 1.25 bits per heavy atom. The van der Waals surface area contributed by atoms with Crippen LogP contribution in [-0.4, -0.2) is 23.3 Å². The number of nitrogens with zero attached hydrogens (tertiary/aromatic N) is 1. The van der Waals surface area contributed by atoms with E-state index in [4.69, 9.17) is 4.42 Å². The summed E-state index contributed by atoms with van der Waals surface area (Å²) in [7, 11) is 0. The van der Waals surface area contributed by atoms with Crippen molar-refractivity contribution in [2.45, 2.75) is 33.2 Å². The number of hydrogen-bond acceptors (Lipinski definition) is 3. The highest BCUT2D eigenvalue weighted by Crippen LogP contribution is 2.24. The zero-order chi connectivity index (χ0) is 17.1. The summed E-state index contributed by atoms with van der Waals surface area (Å²) in [5, 5.41) is 2.93. The van der Waals surface area contributed by atoms with Gasteiger partial charge in [-0.1, -0.05) is 19.9 Å². The highest BCUT2D eigenvalue weighted by atomic mass is 16.3. The Labute approximate surface area is 141 Å². The van der Waals surface area contributed by atoms with Gasteiger partial charge in [0.05, 0.1) is 6.26 Å². The number of amides is 2. The Kier molecular flexibility index (Phi) is 4.69. The van der Waals surface area contributed by atoms with E-state index >= 15 is 0 Å². The van der Waals surface area contributed by atoms with Crippen LogP contribution in [0.25, 0.3) is 0 Å². The number of carbonyl (C=O) groups is 2. The summed E-state index contributed by atoms with van der Waals surface area (Å²) >= 11 is 0. The number of hydrogen-bond donors (Lipinski definition) is 1. The Balaban J connectivity index is 1.72. The van der Waals surface area contributed by atoms with Gasteiger partial charge in [0, 0.05) is 25.2 Å². The molecule has 0 saturated heterocycles. The van der Waals surface area contributed by atoms with Crippen LogP contribution in [-0.2, 0) is 17.8 Å². The maximum absolute atomic E-state index is 12.4. The third-order valence-corrected chi connectivity index (χ3v) is 4.12. The van der Waals surface area contributed by atoms with Crippen molar-refractivity contribution in [1.82, 2.24) is 4.90 Å². The van der Waals surface area contributed by atoms with Crippen LogP contribution in [0.2, 0.25) is 0 Å². The summed E-state index contributed by atoms with van der Waals surface area (Å²) in [6, 6.07) is 9.33. The fourth-order valence-electron chi connectivity index (χ4n) is 2.95. The van der Waals surface area contributed by atoms with Gasteiger partial charge in [0.25, 0.3) is 5.91 Å². The molecule has 0 spiro atoms.